The minimum Gasteiger partial charge on any atom is -0.313 e. The number of alkyl halides is 3. The second kappa shape index (κ2) is 4.95. The Morgan fingerprint density at radius 1 is 1.12 bits per heavy atom. The summed E-state index contributed by atoms with van der Waals surface area (Å²) in [6.45, 7) is 0. The Kier molecular flexibility index (Phi) is 4.03. The summed E-state index contributed by atoms with van der Waals surface area (Å²) in [5.74, 6) is -3.86. The van der Waals surface area contributed by atoms with E-state index in [-0.39, 0.29) is 0 Å². The average molecular weight is 257 g/mol. The highest BCUT2D eigenvalue weighted by molar-refractivity contribution is 5.24. The predicted octanol–water partition coefficient (Wildman–Crippen LogP) is 3.32. The van der Waals surface area contributed by atoms with Crippen molar-refractivity contribution in [1.82, 2.24) is 5.32 Å². The van der Waals surface area contributed by atoms with Crippen LogP contribution in [0.1, 0.15) is 18.0 Å². The largest absolute Gasteiger partial charge is 0.390 e. The number of benzene rings is 1. The van der Waals surface area contributed by atoms with E-state index in [1.54, 1.807) is 0 Å². The van der Waals surface area contributed by atoms with Gasteiger partial charge in [0.15, 0.2) is 0 Å². The van der Waals surface area contributed by atoms with E-state index in [1.807, 2.05) is 0 Å². The summed E-state index contributed by atoms with van der Waals surface area (Å²) in [5, 5.41) is 2.15. The highest BCUT2D eigenvalue weighted by atomic mass is 19.4. The van der Waals surface area contributed by atoms with Gasteiger partial charge in [0, 0.05) is 23.7 Å². The molecular weight excluding hydrogens is 248 g/mol. The molecule has 0 saturated heterocycles. The molecule has 1 rings (SSSR count). The molecule has 1 N–H and O–H groups in total. The maximum atomic E-state index is 13.2. The zero-order valence-electron chi connectivity index (χ0n) is 8.71. The third kappa shape index (κ3) is 3.62. The maximum absolute atomic E-state index is 13.2. The van der Waals surface area contributed by atoms with Gasteiger partial charge in [-0.2, -0.15) is 13.2 Å². The summed E-state index contributed by atoms with van der Waals surface area (Å²) in [6.07, 6.45) is -6.02. The molecule has 17 heavy (non-hydrogen) atoms. The van der Waals surface area contributed by atoms with E-state index in [2.05, 4.69) is 5.32 Å². The number of hydrogen-bond donors (Lipinski definition) is 1. The molecule has 0 aliphatic rings. The molecule has 0 spiro atoms. The Morgan fingerprint density at radius 2 is 1.59 bits per heavy atom. The fraction of sp³-hybridized carbons (Fsp3) is 0.400. The van der Waals surface area contributed by atoms with Crippen LogP contribution >= 0.6 is 0 Å². The second-order valence-electron chi connectivity index (χ2n) is 3.44. The lowest BCUT2D eigenvalue weighted by Crippen LogP contribution is -2.25. The SMILES string of the molecule is CNC(CC(F)(F)F)c1c(F)cc(F)cc1F. The number of halogens is 6. The van der Waals surface area contributed by atoms with Crippen molar-refractivity contribution < 1.29 is 26.3 Å². The number of hydrogen-bond acceptors (Lipinski definition) is 1. The quantitative estimate of drug-likeness (QED) is 0.819. The van der Waals surface area contributed by atoms with Gasteiger partial charge in [0.25, 0.3) is 0 Å². The average Bonchev–Trinajstić information content (AvgIpc) is 2.12. The predicted molar refractivity (Wildman–Crippen MR) is 48.8 cm³/mol. The summed E-state index contributed by atoms with van der Waals surface area (Å²) < 4.78 is 75.5. The van der Waals surface area contributed by atoms with Crippen LogP contribution in [-0.4, -0.2) is 13.2 Å². The van der Waals surface area contributed by atoms with Crippen molar-refractivity contribution in [2.24, 2.45) is 0 Å². The van der Waals surface area contributed by atoms with E-state index >= 15 is 0 Å². The van der Waals surface area contributed by atoms with Crippen LogP contribution in [-0.2, 0) is 0 Å². The zero-order chi connectivity index (χ0) is 13.2. The highest BCUT2D eigenvalue weighted by Crippen LogP contribution is 2.32. The van der Waals surface area contributed by atoms with Crippen LogP contribution in [0.2, 0.25) is 0 Å². The molecule has 1 atom stereocenters. The molecule has 1 aromatic carbocycles. The van der Waals surface area contributed by atoms with Gasteiger partial charge in [-0.15, -0.1) is 0 Å². The van der Waals surface area contributed by atoms with Crippen molar-refractivity contribution in [2.45, 2.75) is 18.6 Å². The van der Waals surface area contributed by atoms with Gasteiger partial charge in [-0.1, -0.05) is 0 Å². The summed E-state index contributed by atoms with van der Waals surface area (Å²) >= 11 is 0. The van der Waals surface area contributed by atoms with Gasteiger partial charge in [-0.05, 0) is 7.05 Å². The van der Waals surface area contributed by atoms with Gasteiger partial charge in [0.2, 0.25) is 0 Å². The maximum Gasteiger partial charge on any atom is 0.390 e. The first-order valence-corrected chi connectivity index (χ1v) is 4.63. The Hall–Kier alpha value is -1.24. The summed E-state index contributed by atoms with van der Waals surface area (Å²) in [6, 6.07) is -0.895. The van der Waals surface area contributed by atoms with Crippen molar-refractivity contribution >= 4 is 0 Å². The van der Waals surface area contributed by atoms with Crippen molar-refractivity contribution in [1.29, 1.82) is 0 Å². The molecule has 0 amide bonds. The van der Waals surface area contributed by atoms with Gasteiger partial charge < -0.3 is 5.32 Å². The summed E-state index contributed by atoms with van der Waals surface area (Å²) in [5.41, 5.74) is -0.814. The van der Waals surface area contributed by atoms with Gasteiger partial charge in [0.05, 0.1) is 6.42 Å². The summed E-state index contributed by atoms with van der Waals surface area (Å²) in [7, 11) is 1.14. The van der Waals surface area contributed by atoms with E-state index in [9.17, 15) is 26.3 Å². The number of rotatable bonds is 3. The van der Waals surface area contributed by atoms with Gasteiger partial charge >= 0.3 is 6.18 Å². The third-order valence-corrected chi connectivity index (χ3v) is 2.18. The Balaban J connectivity index is 3.12. The Morgan fingerprint density at radius 3 is 1.94 bits per heavy atom. The van der Waals surface area contributed by atoms with E-state index < -0.39 is 41.7 Å². The van der Waals surface area contributed by atoms with Crippen LogP contribution in [0.3, 0.4) is 0 Å². The highest BCUT2D eigenvalue weighted by Gasteiger charge is 2.34. The second-order valence-corrected chi connectivity index (χ2v) is 3.44. The zero-order valence-corrected chi connectivity index (χ0v) is 8.71. The van der Waals surface area contributed by atoms with Crippen LogP contribution in [0.4, 0.5) is 26.3 Å². The molecule has 0 aliphatic heterocycles. The molecule has 7 heteroatoms. The fourth-order valence-electron chi connectivity index (χ4n) is 1.47. The van der Waals surface area contributed by atoms with Crippen LogP contribution < -0.4 is 5.32 Å². The molecule has 1 aromatic rings. The van der Waals surface area contributed by atoms with Crippen LogP contribution in [0.15, 0.2) is 12.1 Å². The third-order valence-electron chi connectivity index (χ3n) is 2.18. The minimum atomic E-state index is -4.58. The molecule has 0 aliphatic carbocycles. The first kappa shape index (κ1) is 13.8. The lowest BCUT2D eigenvalue weighted by atomic mass is 10.0. The topological polar surface area (TPSA) is 12.0 Å². The smallest absolute Gasteiger partial charge is 0.313 e. The molecule has 0 saturated carbocycles. The van der Waals surface area contributed by atoms with Gasteiger partial charge in [-0.3, -0.25) is 0 Å². The minimum absolute atomic E-state index is 0.346. The molecule has 0 aromatic heterocycles. The Labute approximate surface area is 93.4 Å². The van der Waals surface area contributed by atoms with E-state index in [0.717, 1.165) is 7.05 Å². The van der Waals surface area contributed by atoms with Crippen molar-refractivity contribution in [3.63, 3.8) is 0 Å². The van der Waals surface area contributed by atoms with Gasteiger partial charge in [-0.25, -0.2) is 13.2 Å². The van der Waals surface area contributed by atoms with Crippen molar-refractivity contribution in [3.8, 4) is 0 Å². The molecule has 0 heterocycles. The first-order chi connectivity index (χ1) is 7.74. The number of nitrogens with one attached hydrogen (secondary N) is 1. The Bertz CT molecular complexity index is 377. The standard InChI is InChI=1S/C10H9F6N/c1-17-8(4-10(14,15)16)9-6(12)2-5(11)3-7(9)13/h2-3,8,17H,4H2,1H3. The van der Waals surface area contributed by atoms with E-state index in [4.69, 9.17) is 0 Å². The molecule has 96 valence electrons. The van der Waals surface area contributed by atoms with Crippen LogP contribution in [0, 0.1) is 17.5 Å². The molecule has 1 nitrogen and oxygen atoms in total. The van der Waals surface area contributed by atoms with Crippen LogP contribution in [0.25, 0.3) is 0 Å². The van der Waals surface area contributed by atoms with Crippen LogP contribution in [0.5, 0.6) is 0 Å². The molecule has 0 fully saturated rings. The normalized spacial score (nSPS) is 13.8. The van der Waals surface area contributed by atoms with E-state index in [1.165, 1.54) is 0 Å². The van der Waals surface area contributed by atoms with E-state index in [0.29, 0.717) is 12.1 Å². The summed E-state index contributed by atoms with van der Waals surface area (Å²) in [4.78, 5) is 0. The lowest BCUT2D eigenvalue weighted by molar-refractivity contribution is -0.140. The molecule has 0 bridgehead atoms. The molecular formula is C10H9F6N. The first-order valence-electron chi connectivity index (χ1n) is 4.63. The molecule has 0 radical (unpaired) electrons. The fourth-order valence-corrected chi connectivity index (χ4v) is 1.47. The van der Waals surface area contributed by atoms with Crippen molar-refractivity contribution in [3.05, 3.63) is 35.1 Å². The van der Waals surface area contributed by atoms with Crippen molar-refractivity contribution in [2.75, 3.05) is 7.05 Å². The lowest BCUT2D eigenvalue weighted by Gasteiger charge is -2.19. The van der Waals surface area contributed by atoms with Gasteiger partial charge in [0.1, 0.15) is 17.5 Å². The molecule has 1 unspecified atom stereocenters. The monoisotopic (exact) mass is 257 g/mol.